The van der Waals surface area contributed by atoms with E-state index in [4.69, 9.17) is 16.3 Å². The average molecular weight is 472 g/mol. The minimum atomic E-state index is -0.808. The molecule has 168 valence electrons. The number of amides is 1. The molecule has 1 amide bonds. The van der Waals surface area contributed by atoms with Gasteiger partial charge < -0.3 is 10.1 Å². The third-order valence-electron chi connectivity index (χ3n) is 4.75. The molecule has 1 heterocycles. The van der Waals surface area contributed by atoms with Crippen molar-refractivity contribution in [3.05, 3.63) is 112 Å². The van der Waals surface area contributed by atoms with Crippen LogP contribution in [0.5, 0.6) is 5.75 Å². The molecule has 0 atom stereocenters. The van der Waals surface area contributed by atoms with Gasteiger partial charge in [0.05, 0.1) is 18.4 Å². The highest BCUT2D eigenvalue weighted by molar-refractivity contribution is 6.31. The van der Waals surface area contributed by atoms with Crippen LogP contribution >= 0.6 is 11.6 Å². The van der Waals surface area contributed by atoms with E-state index in [-0.39, 0.29) is 23.9 Å². The summed E-state index contributed by atoms with van der Waals surface area (Å²) < 4.78 is 47.6. The number of rotatable bonds is 7. The summed E-state index contributed by atoms with van der Waals surface area (Å²) in [6.07, 6.45) is 3.00. The van der Waals surface area contributed by atoms with Gasteiger partial charge in [-0.25, -0.2) is 13.2 Å². The summed E-state index contributed by atoms with van der Waals surface area (Å²) in [7, 11) is 0. The molecular formula is C24H17ClF3N3O2. The second-order valence-corrected chi connectivity index (χ2v) is 7.55. The zero-order chi connectivity index (χ0) is 23.4. The quantitative estimate of drug-likeness (QED) is 0.369. The van der Waals surface area contributed by atoms with Gasteiger partial charge in [-0.15, -0.1) is 0 Å². The lowest BCUT2D eigenvalue weighted by Crippen LogP contribution is -2.12. The van der Waals surface area contributed by atoms with Gasteiger partial charge in [0.1, 0.15) is 18.2 Å². The normalized spacial score (nSPS) is 10.8. The van der Waals surface area contributed by atoms with E-state index >= 15 is 0 Å². The van der Waals surface area contributed by atoms with Crippen LogP contribution in [0.15, 0.2) is 73.1 Å². The smallest absolute Gasteiger partial charge is 0.255 e. The van der Waals surface area contributed by atoms with Gasteiger partial charge in [-0.3, -0.25) is 9.48 Å². The lowest BCUT2D eigenvalue weighted by molar-refractivity contribution is 0.102. The fraction of sp³-hybridized carbons (Fsp3) is 0.0833. The molecule has 0 aliphatic heterocycles. The van der Waals surface area contributed by atoms with E-state index in [0.29, 0.717) is 22.4 Å². The monoisotopic (exact) mass is 471 g/mol. The SMILES string of the molecule is O=C(Nc1cnn(Cc2c(F)cccc2Cl)c1)c1cccc(COc2ccc(F)cc2F)c1. The molecule has 9 heteroatoms. The topological polar surface area (TPSA) is 56.2 Å². The Morgan fingerprint density at radius 1 is 1.03 bits per heavy atom. The molecule has 0 fully saturated rings. The molecule has 0 aliphatic rings. The van der Waals surface area contributed by atoms with E-state index in [1.54, 1.807) is 36.5 Å². The first-order chi connectivity index (χ1) is 15.9. The third kappa shape index (κ3) is 5.53. The van der Waals surface area contributed by atoms with Gasteiger partial charge in [0.15, 0.2) is 11.6 Å². The van der Waals surface area contributed by atoms with E-state index in [9.17, 15) is 18.0 Å². The predicted molar refractivity (Wildman–Crippen MR) is 118 cm³/mol. The third-order valence-corrected chi connectivity index (χ3v) is 5.10. The molecule has 5 nitrogen and oxygen atoms in total. The summed E-state index contributed by atoms with van der Waals surface area (Å²) in [6, 6.07) is 14.1. The minimum absolute atomic E-state index is 0.00892. The van der Waals surface area contributed by atoms with Crippen molar-refractivity contribution in [1.82, 2.24) is 9.78 Å². The Balaban J connectivity index is 1.40. The highest BCUT2D eigenvalue weighted by Crippen LogP contribution is 2.21. The van der Waals surface area contributed by atoms with E-state index in [0.717, 1.165) is 12.1 Å². The Kier molecular flexibility index (Phi) is 6.65. The molecule has 4 aromatic rings. The number of carbonyl (C=O) groups excluding carboxylic acids is 1. The molecule has 0 saturated heterocycles. The summed E-state index contributed by atoms with van der Waals surface area (Å²) >= 11 is 6.05. The molecule has 33 heavy (non-hydrogen) atoms. The van der Waals surface area contributed by atoms with Crippen molar-refractivity contribution in [2.75, 3.05) is 5.32 Å². The number of ether oxygens (including phenoxy) is 1. The van der Waals surface area contributed by atoms with Gasteiger partial charge in [-0.2, -0.15) is 5.10 Å². The van der Waals surface area contributed by atoms with Gasteiger partial charge in [0, 0.05) is 28.4 Å². The molecule has 0 radical (unpaired) electrons. The molecule has 4 rings (SSSR count). The van der Waals surface area contributed by atoms with Crippen LogP contribution in [0.25, 0.3) is 0 Å². The van der Waals surface area contributed by atoms with Gasteiger partial charge in [0.25, 0.3) is 5.91 Å². The van der Waals surface area contributed by atoms with Crippen molar-refractivity contribution in [3.8, 4) is 5.75 Å². The standard InChI is InChI=1S/C24H17ClF3N3O2/c25-20-5-2-6-21(27)19(20)13-31-12-18(11-29-31)30-24(32)16-4-1-3-15(9-16)14-33-23-8-7-17(26)10-22(23)28/h1-12H,13-14H2,(H,30,32). The maximum Gasteiger partial charge on any atom is 0.255 e. The van der Waals surface area contributed by atoms with E-state index in [2.05, 4.69) is 10.4 Å². The molecule has 0 spiro atoms. The van der Waals surface area contributed by atoms with Crippen LogP contribution in [-0.4, -0.2) is 15.7 Å². The van der Waals surface area contributed by atoms with Gasteiger partial charge in [0.2, 0.25) is 0 Å². The van der Waals surface area contributed by atoms with Crippen LogP contribution in [0.4, 0.5) is 18.9 Å². The molecule has 1 aromatic heterocycles. The fourth-order valence-corrected chi connectivity index (χ4v) is 3.34. The van der Waals surface area contributed by atoms with Crippen LogP contribution in [0, 0.1) is 17.5 Å². The molecule has 0 saturated carbocycles. The van der Waals surface area contributed by atoms with E-state index in [1.165, 1.54) is 29.1 Å². The zero-order valence-corrected chi connectivity index (χ0v) is 17.8. The van der Waals surface area contributed by atoms with E-state index < -0.39 is 23.4 Å². The van der Waals surface area contributed by atoms with Crippen molar-refractivity contribution in [3.63, 3.8) is 0 Å². The maximum atomic E-state index is 14.0. The number of halogens is 4. The molecule has 3 aromatic carbocycles. The van der Waals surface area contributed by atoms with Crippen LogP contribution in [0.2, 0.25) is 5.02 Å². The van der Waals surface area contributed by atoms with Crippen LogP contribution < -0.4 is 10.1 Å². The lowest BCUT2D eigenvalue weighted by atomic mass is 10.1. The number of hydrogen-bond donors (Lipinski definition) is 1. The number of nitrogens with zero attached hydrogens (tertiary/aromatic N) is 2. The summed E-state index contributed by atoms with van der Waals surface area (Å²) in [5.74, 6) is -2.43. The Hall–Kier alpha value is -3.78. The number of nitrogens with one attached hydrogen (secondary N) is 1. The van der Waals surface area contributed by atoms with E-state index in [1.807, 2.05) is 0 Å². The predicted octanol–water partition coefficient (Wildman–Crippen LogP) is 5.83. The summed E-state index contributed by atoms with van der Waals surface area (Å²) in [4.78, 5) is 12.6. The lowest BCUT2D eigenvalue weighted by Gasteiger charge is -2.09. The minimum Gasteiger partial charge on any atom is -0.486 e. The molecular weight excluding hydrogens is 455 g/mol. The summed E-state index contributed by atoms with van der Waals surface area (Å²) in [6.45, 7) is 0.0964. The van der Waals surface area contributed by atoms with Crippen molar-refractivity contribution in [2.24, 2.45) is 0 Å². The second-order valence-electron chi connectivity index (χ2n) is 7.14. The van der Waals surface area contributed by atoms with Crippen molar-refractivity contribution in [2.45, 2.75) is 13.2 Å². The number of aromatic nitrogens is 2. The van der Waals surface area contributed by atoms with Crippen molar-refractivity contribution >= 4 is 23.2 Å². The summed E-state index contributed by atoms with van der Waals surface area (Å²) in [5.41, 5.74) is 1.68. The maximum absolute atomic E-state index is 14.0. The highest BCUT2D eigenvalue weighted by atomic mass is 35.5. The number of carbonyl (C=O) groups is 1. The van der Waals surface area contributed by atoms with Crippen LogP contribution in [-0.2, 0) is 13.2 Å². The van der Waals surface area contributed by atoms with Crippen molar-refractivity contribution in [1.29, 1.82) is 0 Å². The fourth-order valence-electron chi connectivity index (χ4n) is 3.12. The molecule has 0 bridgehead atoms. The first-order valence-electron chi connectivity index (χ1n) is 9.82. The number of benzene rings is 3. The Bertz CT molecular complexity index is 1290. The first-order valence-corrected chi connectivity index (χ1v) is 10.2. The molecule has 0 aliphatic carbocycles. The average Bonchev–Trinajstić information content (AvgIpc) is 3.23. The van der Waals surface area contributed by atoms with Gasteiger partial charge in [-0.1, -0.05) is 29.8 Å². The molecule has 1 N–H and O–H groups in total. The Morgan fingerprint density at radius 2 is 1.85 bits per heavy atom. The Morgan fingerprint density at radius 3 is 2.64 bits per heavy atom. The van der Waals surface area contributed by atoms with Gasteiger partial charge >= 0.3 is 0 Å². The zero-order valence-electron chi connectivity index (χ0n) is 17.1. The first kappa shape index (κ1) is 22.4. The largest absolute Gasteiger partial charge is 0.486 e. The van der Waals surface area contributed by atoms with Crippen molar-refractivity contribution < 1.29 is 22.7 Å². The highest BCUT2D eigenvalue weighted by Gasteiger charge is 2.12. The number of hydrogen-bond acceptors (Lipinski definition) is 3. The summed E-state index contributed by atoms with van der Waals surface area (Å²) in [5, 5.41) is 7.14. The van der Waals surface area contributed by atoms with Gasteiger partial charge in [-0.05, 0) is 42.0 Å². The van der Waals surface area contributed by atoms with Crippen LogP contribution in [0.1, 0.15) is 21.5 Å². The molecule has 0 unspecified atom stereocenters. The van der Waals surface area contributed by atoms with Crippen LogP contribution in [0.3, 0.4) is 0 Å². The number of anilines is 1. The Labute approximate surface area is 192 Å². The second kappa shape index (κ2) is 9.79.